The van der Waals surface area contributed by atoms with E-state index < -0.39 is 0 Å². The van der Waals surface area contributed by atoms with Crippen LogP contribution < -0.4 is 0 Å². The SMILES string of the molecule is Cn1cccc1-c1noc([C@H]2CCCN(C(=O)c3ccc(F)cc3)C2)n1. The molecule has 7 heteroatoms. The fourth-order valence-corrected chi connectivity index (χ4v) is 3.34. The predicted molar refractivity (Wildman–Crippen MR) is 93.0 cm³/mol. The van der Waals surface area contributed by atoms with Crippen LogP contribution >= 0.6 is 0 Å². The minimum atomic E-state index is -0.350. The van der Waals surface area contributed by atoms with Crippen LogP contribution in [0.5, 0.6) is 0 Å². The Hall–Kier alpha value is -2.96. The topological polar surface area (TPSA) is 64.2 Å². The Morgan fingerprint density at radius 2 is 2.08 bits per heavy atom. The first-order chi connectivity index (χ1) is 12.6. The summed E-state index contributed by atoms with van der Waals surface area (Å²) in [5.74, 6) is 0.663. The lowest BCUT2D eigenvalue weighted by atomic mass is 9.97. The molecule has 1 aliphatic rings. The number of carbonyl (C=O) groups excluding carboxylic acids is 1. The summed E-state index contributed by atoms with van der Waals surface area (Å²) in [7, 11) is 1.93. The maximum Gasteiger partial charge on any atom is 0.253 e. The van der Waals surface area contributed by atoms with Gasteiger partial charge >= 0.3 is 0 Å². The van der Waals surface area contributed by atoms with E-state index in [-0.39, 0.29) is 17.6 Å². The summed E-state index contributed by atoms with van der Waals surface area (Å²) in [5, 5.41) is 4.08. The Kier molecular flexibility index (Phi) is 4.28. The van der Waals surface area contributed by atoms with Gasteiger partial charge in [0.15, 0.2) is 0 Å². The van der Waals surface area contributed by atoms with Gasteiger partial charge in [0.05, 0.1) is 11.6 Å². The Balaban J connectivity index is 1.50. The van der Waals surface area contributed by atoms with Crippen molar-refractivity contribution in [3.8, 4) is 11.5 Å². The van der Waals surface area contributed by atoms with E-state index in [0.29, 0.717) is 30.4 Å². The van der Waals surface area contributed by atoms with Crippen molar-refractivity contribution in [1.82, 2.24) is 19.6 Å². The molecule has 0 N–H and O–H groups in total. The molecule has 1 fully saturated rings. The minimum Gasteiger partial charge on any atom is -0.348 e. The van der Waals surface area contributed by atoms with Crippen LogP contribution in [0.15, 0.2) is 47.1 Å². The molecule has 6 nitrogen and oxygen atoms in total. The molecule has 0 spiro atoms. The highest BCUT2D eigenvalue weighted by atomic mass is 19.1. The van der Waals surface area contributed by atoms with Gasteiger partial charge in [-0.05, 0) is 49.2 Å². The fraction of sp³-hybridized carbons (Fsp3) is 0.316. The number of hydrogen-bond donors (Lipinski definition) is 0. The normalized spacial score (nSPS) is 17.5. The maximum atomic E-state index is 13.1. The minimum absolute atomic E-state index is 0.00895. The lowest BCUT2D eigenvalue weighted by molar-refractivity contribution is 0.0695. The third-order valence-corrected chi connectivity index (χ3v) is 4.76. The zero-order chi connectivity index (χ0) is 18.1. The van der Waals surface area contributed by atoms with E-state index in [1.54, 1.807) is 4.90 Å². The Morgan fingerprint density at radius 3 is 2.81 bits per heavy atom. The highest BCUT2D eigenvalue weighted by Crippen LogP contribution is 2.28. The number of aromatic nitrogens is 3. The number of aryl methyl sites for hydroxylation is 1. The summed E-state index contributed by atoms with van der Waals surface area (Å²) in [6.07, 6.45) is 3.68. The number of amides is 1. The molecule has 0 bridgehead atoms. The lowest BCUT2D eigenvalue weighted by Gasteiger charge is -2.31. The molecule has 3 heterocycles. The quantitative estimate of drug-likeness (QED) is 0.724. The largest absolute Gasteiger partial charge is 0.348 e. The van der Waals surface area contributed by atoms with Gasteiger partial charge in [-0.1, -0.05) is 5.16 Å². The predicted octanol–water partition coefficient (Wildman–Crippen LogP) is 3.23. The summed E-state index contributed by atoms with van der Waals surface area (Å²) in [4.78, 5) is 19.0. The molecule has 0 unspecified atom stereocenters. The summed E-state index contributed by atoms with van der Waals surface area (Å²) in [6.45, 7) is 1.19. The van der Waals surface area contributed by atoms with Crippen molar-refractivity contribution >= 4 is 5.91 Å². The van der Waals surface area contributed by atoms with Crippen LogP contribution in [0, 0.1) is 5.82 Å². The fourth-order valence-electron chi connectivity index (χ4n) is 3.34. The van der Waals surface area contributed by atoms with Gasteiger partial charge in [-0.25, -0.2) is 4.39 Å². The third-order valence-electron chi connectivity index (χ3n) is 4.76. The van der Waals surface area contributed by atoms with E-state index in [0.717, 1.165) is 18.5 Å². The summed E-state index contributed by atoms with van der Waals surface area (Å²) in [5.41, 5.74) is 1.37. The van der Waals surface area contributed by atoms with Crippen molar-refractivity contribution in [2.45, 2.75) is 18.8 Å². The van der Waals surface area contributed by atoms with Gasteiger partial charge in [0.1, 0.15) is 5.82 Å². The van der Waals surface area contributed by atoms with Crippen LogP contribution in [0.1, 0.15) is 35.0 Å². The molecule has 26 heavy (non-hydrogen) atoms. The van der Waals surface area contributed by atoms with Crippen LogP contribution in [0.3, 0.4) is 0 Å². The van der Waals surface area contributed by atoms with Crippen LogP contribution in [0.4, 0.5) is 4.39 Å². The molecule has 3 aromatic rings. The van der Waals surface area contributed by atoms with Crippen LogP contribution in [0.25, 0.3) is 11.5 Å². The lowest BCUT2D eigenvalue weighted by Crippen LogP contribution is -2.39. The smallest absolute Gasteiger partial charge is 0.253 e. The van der Waals surface area contributed by atoms with E-state index in [4.69, 9.17) is 4.52 Å². The molecule has 1 amide bonds. The van der Waals surface area contributed by atoms with E-state index in [1.165, 1.54) is 24.3 Å². The molecule has 0 saturated carbocycles. The van der Waals surface area contributed by atoms with Crippen molar-refractivity contribution in [1.29, 1.82) is 0 Å². The Labute approximate surface area is 150 Å². The van der Waals surface area contributed by atoms with Gasteiger partial charge in [0, 0.05) is 31.9 Å². The standard InChI is InChI=1S/C19H19FN4O2/c1-23-10-3-5-16(23)17-21-18(26-22-17)14-4-2-11-24(12-14)19(25)13-6-8-15(20)9-7-13/h3,5-10,14H,2,4,11-12H2,1H3/t14-/m0/s1. The van der Waals surface area contributed by atoms with Gasteiger partial charge in [0.2, 0.25) is 11.7 Å². The number of hydrogen-bond acceptors (Lipinski definition) is 4. The van der Waals surface area contributed by atoms with Crippen molar-refractivity contribution in [2.75, 3.05) is 13.1 Å². The van der Waals surface area contributed by atoms with Gasteiger partial charge in [-0.2, -0.15) is 4.98 Å². The first-order valence-electron chi connectivity index (χ1n) is 8.62. The first-order valence-corrected chi connectivity index (χ1v) is 8.62. The third kappa shape index (κ3) is 3.12. The zero-order valence-electron chi connectivity index (χ0n) is 14.4. The molecule has 0 aliphatic carbocycles. The number of piperidine rings is 1. The summed E-state index contributed by atoms with van der Waals surface area (Å²) in [6, 6.07) is 9.50. The molecule has 1 atom stereocenters. The second-order valence-electron chi connectivity index (χ2n) is 6.56. The van der Waals surface area contributed by atoms with E-state index in [1.807, 2.05) is 29.9 Å². The summed E-state index contributed by atoms with van der Waals surface area (Å²) >= 11 is 0. The second-order valence-corrected chi connectivity index (χ2v) is 6.56. The van der Waals surface area contributed by atoms with Gasteiger partial charge < -0.3 is 14.0 Å². The molecular formula is C19H19FN4O2. The van der Waals surface area contributed by atoms with Crippen molar-refractivity contribution in [3.05, 3.63) is 59.9 Å². The molecule has 0 radical (unpaired) electrons. The molecule has 4 rings (SSSR count). The average molecular weight is 354 g/mol. The van der Waals surface area contributed by atoms with Gasteiger partial charge in [-0.15, -0.1) is 0 Å². The highest BCUT2D eigenvalue weighted by molar-refractivity contribution is 5.94. The molecule has 1 aromatic carbocycles. The Bertz CT molecular complexity index is 916. The number of rotatable bonds is 3. The van der Waals surface area contributed by atoms with Crippen molar-refractivity contribution < 1.29 is 13.7 Å². The monoisotopic (exact) mass is 354 g/mol. The Morgan fingerprint density at radius 1 is 1.27 bits per heavy atom. The van der Waals surface area contributed by atoms with Gasteiger partial charge in [0.25, 0.3) is 5.91 Å². The summed E-state index contributed by atoms with van der Waals surface area (Å²) < 4.78 is 20.5. The number of carbonyl (C=O) groups is 1. The number of likely N-dealkylation sites (tertiary alicyclic amines) is 1. The number of benzene rings is 1. The van der Waals surface area contributed by atoms with Crippen molar-refractivity contribution in [3.63, 3.8) is 0 Å². The van der Waals surface area contributed by atoms with E-state index in [2.05, 4.69) is 10.1 Å². The van der Waals surface area contributed by atoms with Crippen LogP contribution in [0.2, 0.25) is 0 Å². The van der Waals surface area contributed by atoms with E-state index in [9.17, 15) is 9.18 Å². The average Bonchev–Trinajstić information content (AvgIpc) is 3.30. The molecular weight excluding hydrogens is 335 g/mol. The zero-order valence-corrected chi connectivity index (χ0v) is 14.4. The second kappa shape index (κ2) is 6.74. The van der Waals surface area contributed by atoms with Crippen LogP contribution in [-0.2, 0) is 7.05 Å². The highest BCUT2D eigenvalue weighted by Gasteiger charge is 2.29. The molecule has 2 aromatic heterocycles. The number of halogens is 1. The van der Waals surface area contributed by atoms with Crippen LogP contribution in [-0.4, -0.2) is 38.6 Å². The first kappa shape index (κ1) is 16.5. The van der Waals surface area contributed by atoms with Gasteiger partial charge in [-0.3, -0.25) is 4.79 Å². The maximum absolute atomic E-state index is 13.1. The molecule has 1 aliphatic heterocycles. The van der Waals surface area contributed by atoms with E-state index >= 15 is 0 Å². The van der Waals surface area contributed by atoms with Crippen molar-refractivity contribution in [2.24, 2.45) is 7.05 Å². The molecule has 1 saturated heterocycles. The molecule has 134 valence electrons. The number of nitrogens with zero attached hydrogens (tertiary/aromatic N) is 4.